The normalized spacial score (nSPS) is 11.4. The third kappa shape index (κ3) is 7.49. The molecule has 130 valence electrons. The summed E-state index contributed by atoms with van der Waals surface area (Å²) in [5.41, 5.74) is 2.37. The second kappa shape index (κ2) is 10.7. The fourth-order valence-electron chi connectivity index (χ4n) is 2.36. The van der Waals surface area contributed by atoms with Crippen molar-refractivity contribution in [2.24, 2.45) is 5.92 Å². The van der Waals surface area contributed by atoms with Crippen LogP contribution >= 0.6 is 12.4 Å². The van der Waals surface area contributed by atoms with Crippen LogP contribution < -0.4 is 10.1 Å². The van der Waals surface area contributed by atoms with Crippen molar-refractivity contribution in [3.8, 4) is 5.75 Å². The van der Waals surface area contributed by atoms with Gasteiger partial charge in [0, 0.05) is 0 Å². The van der Waals surface area contributed by atoms with Crippen molar-refractivity contribution in [1.82, 2.24) is 5.32 Å². The molecule has 5 heteroatoms. The van der Waals surface area contributed by atoms with Crippen LogP contribution in [0.1, 0.15) is 18.1 Å². The lowest BCUT2D eigenvalue weighted by atomic mass is 10.0. The molecule has 0 amide bonds. The molecule has 2 aromatic carbocycles. The summed E-state index contributed by atoms with van der Waals surface area (Å²) in [5, 5.41) is 11.5. The molecule has 2 aromatic rings. The van der Waals surface area contributed by atoms with Crippen LogP contribution in [0.15, 0.2) is 54.6 Å². The number of carboxylic acid groups (broad SMARTS) is 1. The van der Waals surface area contributed by atoms with E-state index in [2.05, 4.69) is 24.4 Å². The molecule has 1 unspecified atom stereocenters. The Morgan fingerprint density at radius 1 is 1.08 bits per heavy atom. The molecule has 0 spiro atoms. The molecule has 0 radical (unpaired) electrons. The van der Waals surface area contributed by atoms with Crippen LogP contribution in [0.3, 0.4) is 0 Å². The second-order valence-corrected chi connectivity index (χ2v) is 5.75. The molecular weight excluding hydrogens is 326 g/mol. The fourth-order valence-corrected chi connectivity index (χ4v) is 2.36. The Hall–Kier alpha value is -2.04. The molecule has 0 saturated heterocycles. The van der Waals surface area contributed by atoms with Gasteiger partial charge in [-0.15, -0.1) is 12.4 Å². The molecule has 0 fully saturated rings. The average molecular weight is 350 g/mol. The van der Waals surface area contributed by atoms with Crippen LogP contribution in [0, 0.1) is 5.92 Å². The third-order valence-electron chi connectivity index (χ3n) is 3.52. The monoisotopic (exact) mass is 349 g/mol. The van der Waals surface area contributed by atoms with Crippen LogP contribution in [0.2, 0.25) is 0 Å². The smallest absolute Gasteiger partial charge is 0.317 e. The summed E-state index contributed by atoms with van der Waals surface area (Å²) in [6.45, 7) is 3.37. The van der Waals surface area contributed by atoms with Crippen molar-refractivity contribution in [3.63, 3.8) is 0 Å². The highest BCUT2D eigenvalue weighted by Gasteiger charge is 2.05. The van der Waals surface area contributed by atoms with Crippen molar-refractivity contribution in [2.45, 2.75) is 20.0 Å². The Morgan fingerprint density at radius 2 is 1.75 bits per heavy atom. The standard InChI is InChI=1S/C19H23NO3.ClH/c1-15(12-20-13-19(21)22)11-16-7-9-18(10-8-16)23-14-17-5-3-2-4-6-17;/h2-10,15,20H,11-14H2,1H3,(H,21,22);1H. The van der Waals surface area contributed by atoms with Crippen LogP contribution in [0.25, 0.3) is 0 Å². The average Bonchev–Trinajstić information content (AvgIpc) is 2.55. The Labute approximate surface area is 149 Å². The third-order valence-corrected chi connectivity index (χ3v) is 3.52. The molecule has 0 aliphatic carbocycles. The lowest BCUT2D eigenvalue weighted by Gasteiger charge is -2.12. The van der Waals surface area contributed by atoms with Crippen LogP contribution in [-0.4, -0.2) is 24.2 Å². The van der Waals surface area contributed by atoms with Crippen LogP contribution in [0.5, 0.6) is 5.75 Å². The summed E-state index contributed by atoms with van der Waals surface area (Å²) in [6.07, 6.45) is 0.908. The van der Waals surface area contributed by atoms with Gasteiger partial charge in [0.15, 0.2) is 0 Å². The number of rotatable bonds is 9. The van der Waals surface area contributed by atoms with E-state index < -0.39 is 5.97 Å². The Morgan fingerprint density at radius 3 is 2.38 bits per heavy atom. The number of ether oxygens (including phenoxy) is 1. The highest BCUT2D eigenvalue weighted by atomic mass is 35.5. The van der Waals surface area contributed by atoms with E-state index in [0.717, 1.165) is 17.7 Å². The summed E-state index contributed by atoms with van der Waals surface area (Å²) < 4.78 is 5.77. The SMILES string of the molecule is CC(CNCC(=O)O)Cc1ccc(OCc2ccccc2)cc1.Cl. The summed E-state index contributed by atoms with van der Waals surface area (Å²) in [5.74, 6) is 0.414. The molecule has 24 heavy (non-hydrogen) atoms. The van der Waals surface area contributed by atoms with Crippen LogP contribution in [-0.2, 0) is 17.8 Å². The fraction of sp³-hybridized carbons (Fsp3) is 0.316. The maximum atomic E-state index is 10.5. The van der Waals surface area contributed by atoms with Crippen molar-refractivity contribution in [2.75, 3.05) is 13.1 Å². The Bertz CT molecular complexity index is 602. The van der Waals surface area contributed by atoms with Gasteiger partial charge in [-0.25, -0.2) is 0 Å². The van der Waals surface area contributed by atoms with E-state index in [0.29, 0.717) is 19.1 Å². The largest absolute Gasteiger partial charge is 0.489 e. The highest BCUT2D eigenvalue weighted by molar-refractivity contribution is 5.85. The minimum atomic E-state index is -0.822. The van der Waals surface area contributed by atoms with Gasteiger partial charge in [-0.1, -0.05) is 49.4 Å². The zero-order valence-electron chi connectivity index (χ0n) is 13.8. The minimum Gasteiger partial charge on any atom is -0.489 e. The second-order valence-electron chi connectivity index (χ2n) is 5.75. The zero-order valence-corrected chi connectivity index (χ0v) is 14.6. The molecule has 1 atom stereocenters. The van der Waals surface area contributed by atoms with E-state index in [4.69, 9.17) is 9.84 Å². The molecular formula is C19H24ClNO3. The molecule has 0 aliphatic rings. The number of benzene rings is 2. The summed E-state index contributed by atoms with van der Waals surface area (Å²) in [4.78, 5) is 10.5. The number of hydrogen-bond donors (Lipinski definition) is 2. The lowest BCUT2D eigenvalue weighted by Crippen LogP contribution is -2.27. The summed E-state index contributed by atoms with van der Waals surface area (Å²) >= 11 is 0. The quantitative estimate of drug-likeness (QED) is 0.727. The molecule has 0 aliphatic heterocycles. The predicted molar refractivity (Wildman–Crippen MR) is 97.8 cm³/mol. The van der Waals surface area contributed by atoms with Crippen molar-refractivity contribution in [1.29, 1.82) is 0 Å². The molecule has 2 N–H and O–H groups in total. The van der Waals surface area contributed by atoms with Crippen LogP contribution in [0.4, 0.5) is 0 Å². The van der Waals surface area contributed by atoms with E-state index in [-0.39, 0.29) is 19.0 Å². The number of aliphatic carboxylic acids is 1. The first-order chi connectivity index (χ1) is 11.1. The maximum Gasteiger partial charge on any atom is 0.317 e. The van der Waals surface area contributed by atoms with E-state index in [1.165, 1.54) is 5.56 Å². The van der Waals surface area contributed by atoms with E-state index >= 15 is 0 Å². The van der Waals surface area contributed by atoms with Gasteiger partial charge in [0.2, 0.25) is 0 Å². The molecule has 0 bridgehead atoms. The number of nitrogens with one attached hydrogen (secondary N) is 1. The van der Waals surface area contributed by atoms with Gasteiger partial charge in [0.25, 0.3) is 0 Å². The first-order valence-corrected chi connectivity index (χ1v) is 7.81. The number of halogens is 1. The highest BCUT2D eigenvalue weighted by Crippen LogP contribution is 2.16. The van der Waals surface area contributed by atoms with Gasteiger partial charge < -0.3 is 15.2 Å². The maximum absolute atomic E-state index is 10.5. The zero-order chi connectivity index (χ0) is 16.5. The molecule has 4 nitrogen and oxygen atoms in total. The first kappa shape index (κ1) is 20.0. The minimum absolute atomic E-state index is 0. The molecule has 0 saturated carbocycles. The van der Waals surface area contributed by atoms with Crippen molar-refractivity contribution < 1.29 is 14.6 Å². The first-order valence-electron chi connectivity index (χ1n) is 7.81. The van der Waals surface area contributed by atoms with Gasteiger partial charge >= 0.3 is 5.97 Å². The molecule has 2 rings (SSSR count). The van der Waals surface area contributed by atoms with Gasteiger partial charge in [-0.2, -0.15) is 0 Å². The Kier molecular flexibility index (Phi) is 8.90. The van der Waals surface area contributed by atoms with Crippen molar-refractivity contribution >= 4 is 18.4 Å². The van der Waals surface area contributed by atoms with Gasteiger partial charge in [0.05, 0.1) is 6.54 Å². The predicted octanol–water partition coefficient (Wildman–Crippen LogP) is 3.54. The molecule has 0 aromatic heterocycles. The van der Waals surface area contributed by atoms with E-state index in [1.807, 2.05) is 42.5 Å². The van der Waals surface area contributed by atoms with Gasteiger partial charge in [0.1, 0.15) is 12.4 Å². The number of hydrogen-bond acceptors (Lipinski definition) is 3. The topological polar surface area (TPSA) is 58.6 Å². The van der Waals surface area contributed by atoms with E-state index in [9.17, 15) is 4.79 Å². The lowest BCUT2D eigenvalue weighted by molar-refractivity contribution is -0.135. The number of carboxylic acids is 1. The van der Waals surface area contributed by atoms with Crippen molar-refractivity contribution in [3.05, 3.63) is 65.7 Å². The van der Waals surface area contributed by atoms with Gasteiger partial charge in [-0.05, 0) is 42.1 Å². The summed E-state index contributed by atoms with van der Waals surface area (Å²) in [6, 6.07) is 18.2. The van der Waals surface area contributed by atoms with E-state index in [1.54, 1.807) is 0 Å². The summed E-state index contributed by atoms with van der Waals surface area (Å²) in [7, 11) is 0. The molecule has 0 heterocycles. The Balaban J connectivity index is 0.00000288. The number of carbonyl (C=O) groups is 1. The van der Waals surface area contributed by atoms with Gasteiger partial charge in [-0.3, -0.25) is 4.79 Å².